The van der Waals surface area contributed by atoms with Gasteiger partial charge >= 0.3 is 5.97 Å². The molecule has 5 heteroatoms. The monoisotopic (exact) mass is 293 g/mol. The number of esters is 1. The molecule has 0 amide bonds. The average Bonchev–Trinajstić information content (AvgIpc) is 2.47. The first-order valence-corrected chi connectivity index (χ1v) is 7.36. The number of cyclic esters (lactones) is 1. The van der Waals surface area contributed by atoms with Gasteiger partial charge in [0.2, 0.25) is 0 Å². The minimum atomic E-state index is -0.306. The van der Waals surface area contributed by atoms with Crippen LogP contribution < -0.4 is 10.1 Å². The smallest absolute Gasteiger partial charge is 0.323 e. The van der Waals surface area contributed by atoms with Gasteiger partial charge < -0.3 is 19.5 Å². The predicted octanol–water partition coefficient (Wildman–Crippen LogP) is 1.76. The first kappa shape index (κ1) is 15.8. The van der Waals surface area contributed by atoms with Crippen molar-refractivity contribution in [3.05, 3.63) is 30.3 Å². The highest BCUT2D eigenvalue weighted by Gasteiger charge is 2.25. The molecule has 21 heavy (non-hydrogen) atoms. The van der Waals surface area contributed by atoms with Gasteiger partial charge in [-0.25, -0.2) is 0 Å². The van der Waals surface area contributed by atoms with Crippen LogP contribution in [0.25, 0.3) is 0 Å². The van der Waals surface area contributed by atoms with E-state index in [0.29, 0.717) is 26.1 Å². The van der Waals surface area contributed by atoms with Crippen molar-refractivity contribution in [2.45, 2.75) is 38.0 Å². The summed E-state index contributed by atoms with van der Waals surface area (Å²) in [6, 6.07) is 9.31. The third-order valence-electron chi connectivity index (χ3n) is 3.45. The zero-order valence-electron chi connectivity index (χ0n) is 12.6. The maximum atomic E-state index is 12.0. The lowest BCUT2D eigenvalue weighted by molar-refractivity contribution is -0.153. The summed E-state index contributed by atoms with van der Waals surface area (Å²) in [6.45, 7) is 2.88. The molecule has 3 atom stereocenters. The van der Waals surface area contributed by atoms with Crippen molar-refractivity contribution in [1.29, 1.82) is 0 Å². The number of rotatable bonds is 3. The van der Waals surface area contributed by atoms with Crippen LogP contribution in [-0.4, -0.2) is 44.5 Å². The number of carbonyl (C=O) groups excluding carboxylic acids is 1. The number of hydrogen-bond acceptors (Lipinski definition) is 5. The Kier molecular flexibility index (Phi) is 6.02. The van der Waals surface area contributed by atoms with E-state index in [1.165, 1.54) is 0 Å². The summed E-state index contributed by atoms with van der Waals surface area (Å²) in [5, 5.41) is 2.96. The highest BCUT2D eigenvalue weighted by Crippen LogP contribution is 2.16. The fraction of sp³-hybridized carbons (Fsp3) is 0.562. The highest BCUT2D eigenvalue weighted by atomic mass is 16.6. The van der Waals surface area contributed by atoms with Crippen LogP contribution in [0.4, 0.5) is 0 Å². The molecule has 1 N–H and O–H groups in total. The molecule has 2 unspecified atom stereocenters. The number of likely N-dealkylation sites (N-methyl/N-ethyl adjacent to an activating group) is 1. The van der Waals surface area contributed by atoms with Gasteiger partial charge in [0.25, 0.3) is 0 Å². The third-order valence-corrected chi connectivity index (χ3v) is 3.45. The SMILES string of the molecule is CN[C@H]1CCOCC(Oc2ccccc2)CC(C)OC1=O. The van der Waals surface area contributed by atoms with Crippen LogP contribution >= 0.6 is 0 Å². The molecule has 1 aliphatic heterocycles. The van der Waals surface area contributed by atoms with Crippen LogP contribution in [0, 0.1) is 0 Å². The number of ether oxygens (including phenoxy) is 3. The van der Waals surface area contributed by atoms with Gasteiger partial charge in [0.15, 0.2) is 0 Å². The van der Waals surface area contributed by atoms with E-state index >= 15 is 0 Å². The van der Waals surface area contributed by atoms with E-state index in [2.05, 4.69) is 5.32 Å². The first-order chi connectivity index (χ1) is 10.2. The summed E-state index contributed by atoms with van der Waals surface area (Å²) in [5.74, 6) is 0.573. The molecule has 0 aliphatic carbocycles. The van der Waals surface area contributed by atoms with Gasteiger partial charge in [-0.2, -0.15) is 0 Å². The van der Waals surface area contributed by atoms with Crippen LogP contribution in [0.15, 0.2) is 30.3 Å². The van der Waals surface area contributed by atoms with Crippen molar-refractivity contribution in [1.82, 2.24) is 5.32 Å². The zero-order chi connectivity index (χ0) is 15.1. The molecule has 0 spiro atoms. The van der Waals surface area contributed by atoms with Crippen molar-refractivity contribution in [2.24, 2.45) is 0 Å². The van der Waals surface area contributed by atoms with E-state index in [4.69, 9.17) is 14.2 Å². The quantitative estimate of drug-likeness (QED) is 0.861. The molecular formula is C16H23NO4. The van der Waals surface area contributed by atoms with Crippen molar-refractivity contribution in [3.63, 3.8) is 0 Å². The zero-order valence-corrected chi connectivity index (χ0v) is 12.6. The van der Waals surface area contributed by atoms with Gasteiger partial charge in [-0.3, -0.25) is 4.79 Å². The molecule has 0 radical (unpaired) electrons. The number of hydrogen-bond donors (Lipinski definition) is 1. The van der Waals surface area contributed by atoms with Crippen LogP contribution in [0.3, 0.4) is 0 Å². The Morgan fingerprint density at radius 3 is 2.76 bits per heavy atom. The minimum absolute atomic E-state index is 0.124. The summed E-state index contributed by atoms with van der Waals surface area (Å²) in [6.07, 6.45) is 0.877. The van der Waals surface area contributed by atoms with Gasteiger partial charge in [-0.15, -0.1) is 0 Å². The summed E-state index contributed by atoms with van der Waals surface area (Å²) in [4.78, 5) is 12.0. The fourth-order valence-corrected chi connectivity index (χ4v) is 2.34. The Bertz CT molecular complexity index is 437. The fourth-order valence-electron chi connectivity index (χ4n) is 2.34. The normalized spacial score (nSPS) is 27.7. The Labute approximate surface area is 125 Å². The van der Waals surface area contributed by atoms with E-state index < -0.39 is 0 Å². The third kappa shape index (κ3) is 5.02. The van der Waals surface area contributed by atoms with Gasteiger partial charge in [-0.1, -0.05) is 18.2 Å². The summed E-state index contributed by atoms with van der Waals surface area (Å²) < 4.78 is 17.0. The Morgan fingerprint density at radius 1 is 1.29 bits per heavy atom. The topological polar surface area (TPSA) is 56.8 Å². The first-order valence-electron chi connectivity index (χ1n) is 7.36. The Balaban J connectivity index is 1.96. The molecule has 116 valence electrons. The van der Waals surface area contributed by atoms with Gasteiger partial charge in [-0.05, 0) is 32.5 Å². The number of para-hydroxylation sites is 1. The maximum absolute atomic E-state index is 12.0. The van der Waals surface area contributed by atoms with Crippen LogP contribution in [0.5, 0.6) is 5.75 Å². The summed E-state index contributed by atoms with van der Waals surface area (Å²) in [7, 11) is 1.75. The summed E-state index contributed by atoms with van der Waals surface area (Å²) >= 11 is 0. The number of nitrogens with one attached hydrogen (secondary N) is 1. The molecule has 5 nitrogen and oxygen atoms in total. The van der Waals surface area contributed by atoms with E-state index in [0.717, 1.165) is 5.75 Å². The second kappa shape index (κ2) is 8.00. The molecule has 0 aromatic heterocycles. The van der Waals surface area contributed by atoms with Crippen LogP contribution in [0.2, 0.25) is 0 Å². The second-order valence-electron chi connectivity index (χ2n) is 5.24. The number of benzene rings is 1. The second-order valence-corrected chi connectivity index (χ2v) is 5.24. The average molecular weight is 293 g/mol. The minimum Gasteiger partial charge on any atom is -0.488 e. The standard InChI is InChI=1S/C16H23NO4/c1-12-10-14(21-13-6-4-3-5-7-13)11-19-9-8-15(17-2)16(18)20-12/h3-7,12,14-15,17H,8-11H2,1-2H3/t12?,14?,15-/m0/s1. The molecule has 1 fully saturated rings. The molecule has 1 heterocycles. The van der Waals surface area contributed by atoms with Crippen molar-refractivity contribution in [2.75, 3.05) is 20.3 Å². The van der Waals surface area contributed by atoms with Gasteiger partial charge in [0.05, 0.1) is 6.61 Å². The highest BCUT2D eigenvalue weighted by molar-refractivity contribution is 5.75. The molecule has 2 rings (SSSR count). The molecule has 0 saturated carbocycles. The lowest BCUT2D eigenvalue weighted by Gasteiger charge is -2.26. The molecule has 0 bridgehead atoms. The van der Waals surface area contributed by atoms with E-state index in [1.54, 1.807) is 7.05 Å². The molecule has 1 aliphatic rings. The lowest BCUT2D eigenvalue weighted by atomic mass is 10.1. The predicted molar refractivity (Wildman–Crippen MR) is 79.3 cm³/mol. The van der Waals surface area contributed by atoms with E-state index in [1.807, 2.05) is 37.3 Å². The largest absolute Gasteiger partial charge is 0.488 e. The van der Waals surface area contributed by atoms with Crippen molar-refractivity contribution >= 4 is 5.97 Å². The van der Waals surface area contributed by atoms with E-state index in [9.17, 15) is 4.79 Å². The molecular weight excluding hydrogens is 270 g/mol. The van der Waals surface area contributed by atoms with Crippen molar-refractivity contribution < 1.29 is 19.0 Å². The van der Waals surface area contributed by atoms with Crippen LogP contribution in [-0.2, 0) is 14.3 Å². The number of carbonyl (C=O) groups is 1. The lowest BCUT2D eigenvalue weighted by Crippen LogP contribution is -2.40. The Morgan fingerprint density at radius 2 is 2.05 bits per heavy atom. The van der Waals surface area contributed by atoms with Gasteiger partial charge in [0, 0.05) is 13.0 Å². The molecule has 1 saturated heterocycles. The van der Waals surface area contributed by atoms with E-state index in [-0.39, 0.29) is 24.2 Å². The maximum Gasteiger partial charge on any atom is 0.323 e. The Hall–Kier alpha value is -1.59. The molecule has 1 aromatic rings. The van der Waals surface area contributed by atoms with Crippen molar-refractivity contribution in [3.8, 4) is 5.75 Å². The molecule has 1 aromatic carbocycles. The summed E-state index contributed by atoms with van der Waals surface area (Å²) in [5.41, 5.74) is 0. The van der Waals surface area contributed by atoms with Gasteiger partial charge in [0.1, 0.15) is 24.0 Å². The van der Waals surface area contributed by atoms with Crippen LogP contribution in [0.1, 0.15) is 19.8 Å².